The predicted octanol–water partition coefficient (Wildman–Crippen LogP) is 3.18. The van der Waals surface area contributed by atoms with Gasteiger partial charge in [-0.05, 0) is 44.7 Å². The summed E-state index contributed by atoms with van der Waals surface area (Å²) in [5.74, 6) is -2.58. The lowest BCUT2D eigenvalue weighted by molar-refractivity contribution is -0.135. The van der Waals surface area contributed by atoms with Crippen LogP contribution in [0.2, 0.25) is 0 Å². The maximum Gasteiger partial charge on any atom is 0.244 e. The van der Waals surface area contributed by atoms with Crippen molar-refractivity contribution in [1.82, 2.24) is 5.32 Å². The summed E-state index contributed by atoms with van der Waals surface area (Å²) < 4.78 is 0. The molecule has 1 aliphatic heterocycles. The summed E-state index contributed by atoms with van der Waals surface area (Å²) in [6.07, 6.45) is 2.28. The molecule has 5 heteroatoms. The number of Topliss-reactive ketones (excluding diaryl/α,β-unsaturated/α-hetero) is 1. The van der Waals surface area contributed by atoms with E-state index in [4.69, 9.17) is 0 Å². The third-order valence-electron chi connectivity index (χ3n) is 4.49. The van der Waals surface area contributed by atoms with Gasteiger partial charge in [0.1, 0.15) is 5.54 Å². The SMILES string of the molecule is CC(C)=CCC1(C)NC(=O)C(C(=O)Nc2ccccc2C(C)C)C1=O. The van der Waals surface area contributed by atoms with Crippen LogP contribution in [-0.4, -0.2) is 23.1 Å². The van der Waals surface area contributed by atoms with E-state index in [1.54, 1.807) is 13.0 Å². The number of carbonyl (C=O) groups is 3. The van der Waals surface area contributed by atoms with Gasteiger partial charge < -0.3 is 10.6 Å². The Balaban J connectivity index is 2.22. The monoisotopic (exact) mass is 342 g/mol. The zero-order valence-electron chi connectivity index (χ0n) is 15.5. The van der Waals surface area contributed by atoms with E-state index in [9.17, 15) is 14.4 Å². The third-order valence-corrected chi connectivity index (χ3v) is 4.49. The van der Waals surface area contributed by atoms with E-state index in [1.165, 1.54) is 0 Å². The minimum atomic E-state index is -1.31. The average Bonchev–Trinajstić information content (AvgIpc) is 2.75. The van der Waals surface area contributed by atoms with Crippen LogP contribution in [0.5, 0.6) is 0 Å². The van der Waals surface area contributed by atoms with Gasteiger partial charge >= 0.3 is 0 Å². The second-order valence-electron chi connectivity index (χ2n) is 7.34. The van der Waals surface area contributed by atoms with Crippen LogP contribution in [0.1, 0.15) is 52.5 Å². The van der Waals surface area contributed by atoms with Crippen molar-refractivity contribution < 1.29 is 14.4 Å². The normalized spacial score (nSPS) is 22.7. The van der Waals surface area contributed by atoms with Crippen LogP contribution in [0.3, 0.4) is 0 Å². The lowest BCUT2D eigenvalue weighted by atomic mass is 9.88. The molecule has 1 saturated heterocycles. The number of hydrogen-bond acceptors (Lipinski definition) is 3. The zero-order valence-corrected chi connectivity index (χ0v) is 15.5. The first-order valence-corrected chi connectivity index (χ1v) is 8.55. The fourth-order valence-electron chi connectivity index (χ4n) is 2.96. The molecule has 5 nitrogen and oxygen atoms in total. The van der Waals surface area contributed by atoms with Gasteiger partial charge in [0, 0.05) is 5.69 Å². The number of carbonyl (C=O) groups excluding carboxylic acids is 3. The summed E-state index contributed by atoms with van der Waals surface area (Å²) >= 11 is 0. The van der Waals surface area contributed by atoms with Crippen molar-refractivity contribution in [3.8, 4) is 0 Å². The molecular formula is C20H26N2O3. The van der Waals surface area contributed by atoms with Gasteiger partial charge in [0.05, 0.1) is 0 Å². The summed E-state index contributed by atoms with van der Waals surface area (Å²) in [5.41, 5.74) is 1.63. The van der Waals surface area contributed by atoms with E-state index >= 15 is 0 Å². The Morgan fingerprint density at radius 3 is 2.52 bits per heavy atom. The molecule has 2 atom stereocenters. The minimum absolute atomic E-state index is 0.215. The molecule has 1 heterocycles. The van der Waals surface area contributed by atoms with Crippen LogP contribution in [0.15, 0.2) is 35.9 Å². The van der Waals surface area contributed by atoms with Crippen LogP contribution < -0.4 is 10.6 Å². The summed E-state index contributed by atoms with van der Waals surface area (Å²) in [7, 11) is 0. The molecule has 0 spiro atoms. The van der Waals surface area contributed by atoms with Crippen molar-refractivity contribution in [2.75, 3.05) is 5.32 Å². The highest BCUT2D eigenvalue weighted by atomic mass is 16.2. The van der Waals surface area contributed by atoms with Crippen LogP contribution in [0.4, 0.5) is 5.69 Å². The smallest absolute Gasteiger partial charge is 0.244 e. The molecule has 2 unspecified atom stereocenters. The Hall–Kier alpha value is -2.43. The van der Waals surface area contributed by atoms with Gasteiger partial charge in [-0.1, -0.05) is 43.7 Å². The highest BCUT2D eigenvalue weighted by molar-refractivity contribution is 6.27. The fraction of sp³-hybridized carbons (Fsp3) is 0.450. The lowest BCUT2D eigenvalue weighted by Gasteiger charge is -2.20. The Bertz CT molecular complexity index is 732. The van der Waals surface area contributed by atoms with E-state index in [2.05, 4.69) is 10.6 Å². The number of nitrogens with one attached hydrogen (secondary N) is 2. The molecule has 0 aromatic heterocycles. The molecule has 0 radical (unpaired) electrons. The molecule has 0 saturated carbocycles. The quantitative estimate of drug-likeness (QED) is 0.637. The van der Waals surface area contributed by atoms with Crippen molar-refractivity contribution in [3.05, 3.63) is 41.5 Å². The van der Waals surface area contributed by atoms with Crippen LogP contribution in [0.25, 0.3) is 0 Å². The molecule has 0 aliphatic carbocycles. The molecule has 2 amide bonds. The van der Waals surface area contributed by atoms with E-state index in [0.29, 0.717) is 12.1 Å². The first kappa shape index (κ1) is 18.9. The van der Waals surface area contributed by atoms with Crippen molar-refractivity contribution >= 4 is 23.3 Å². The number of rotatable bonds is 5. The lowest BCUT2D eigenvalue weighted by Crippen LogP contribution is -2.43. The Labute approximate surface area is 148 Å². The van der Waals surface area contributed by atoms with Gasteiger partial charge in [-0.2, -0.15) is 0 Å². The zero-order chi connectivity index (χ0) is 18.8. The predicted molar refractivity (Wildman–Crippen MR) is 98.3 cm³/mol. The average molecular weight is 342 g/mol. The van der Waals surface area contributed by atoms with Gasteiger partial charge in [0.2, 0.25) is 11.8 Å². The van der Waals surface area contributed by atoms with E-state index in [1.807, 2.05) is 52.0 Å². The van der Waals surface area contributed by atoms with Crippen molar-refractivity contribution in [1.29, 1.82) is 0 Å². The maximum atomic E-state index is 12.7. The molecule has 134 valence electrons. The fourth-order valence-corrected chi connectivity index (χ4v) is 2.96. The second-order valence-corrected chi connectivity index (χ2v) is 7.34. The minimum Gasteiger partial charge on any atom is -0.342 e. The Morgan fingerprint density at radius 2 is 1.92 bits per heavy atom. The first-order valence-electron chi connectivity index (χ1n) is 8.55. The summed E-state index contributed by atoms with van der Waals surface area (Å²) in [5, 5.41) is 5.46. The number of hydrogen-bond donors (Lipinski definition) is 2. The van der Waals surface area contributed by atoms with Crippen molar-refractivity contribution in [3.63, 3.8) is 0 Å². The number of amides is 2. The summed E-state index contributed by atoms with van der Waals surface area (Å²) in [6.45, 7) is 9.57. The van der Waals surface area contributed by atoms with Crippen LogP contribution >= 0.6 is 0 Å². The molecule has 0 bridgehead atoms. The molecular weight excluding hydrogens is 316 g/mol. The van der Waals surface area contributed by atoms with Gasteiger partial charge in [-0.25, -0.2) is 0 Å². The van der Waals surface area contributed by atoms with Crippen LogP contribution in [-0.2, 0) is 14.4 Å². The highest BCUT2D eigenvalue weighted by Gasteiger charge is 2.52. The number of para-hydroxylation sites is 1. The standard InChI is InChI=1S/C20H26N2O3/c1-12(2)10-11-20(5)17(23)16(19(25)22-20)18(24)21-15-9-7-6-8-14(15)13(3)4/h6-10,13,16H,11H2,1-5H3,(H,21,24)(H,22,25). The van der Waals surface area contributed by atoms with Crippen molar-refractivity contribution in [2.24, 2.45) is 5.92 Å². The van der Waals surface area contributed by atoms with E-state index < -0.39 is 23.3 Å². The first-order chi connectivity index (χ1) is 11.7. The van der Waals surface area contributed by atoms with Gasteiger partial charge in [-0.15, -0.1) is 0 Å². The molecule has 25 heavy (non-hydrogen) atoms. The Kier molecular flexibility index (Phi) is 5.45. The molecule has 2 N–H and O–H groups in total. The molecule has 1 aromatic rings. The molecule has 1 aromatic carbocycles. The largest absolute Gasteiger partial charge is 0.342 e. The number of ketones is 1. The molecule has 2 rings (SSSR count). The Morgan fingerprint density at radius 1 is 1.28 bits per heavy atom. The topological polar surface area (TPSA) is 75.3 Å². The van der Waals surface area contributed by atoms with Gasteiger partial charge in [0.25, 0.3) is 0 Å². The summed E-state index contributed by atoms with van der Waals surface area (Å²) in [4.78, 5) is 37.6. The molecule has 1 fully saturated rings. The number of allylic oxidation sites excluding steroid dienone is 1. The number of benzene rings is 1. The van der Waals surface area contributed by atoms with E-state index in [-0.39, 0.29) is 11.7 Å². The van der Waals surface area contributed by atoms with Crippen LogP contribution in [0, 0.1) is 5.92 Å². The second kappa shape index (κ2) is 7.21. The van der Waals surface area contributed by atoms with Crippen molar-refractivity contribution in [2.45, 2.75) is 52.5 Å². The highest BCUT2D eigenvalue weighted by Crippen LogP contribution is 2.28. The molecule has 1 aliphatic rings. The number of anilines is 1. The summed E-state index contributed by atoms with van der Waals surface area (Å²) in [6, 6.07) is 7.43. The maximum absolute atomic E-state index is 12.7. The van der Waals surface area contributed by atoms with E-state index in [0.717, 1.165) is 11.1 Å². The van der Waals surface area contributed by atoms with Gasteiger partial charge in [0.15, 0.2) is 11.7 Å². The van der Waals surface area contributed by atoms with Gasteiger partial charge in [-0.3, -0.25) is 14.4 Å². The third kappa shape index (κ3) is 3.98.